The molecule has 0 radical (unpaired) electrons. The molecule has 3 rings (SSSR count). The Bertz CT molecular complexity index is 657. The van der Waals surface area contributed by atoms with E-state index in [1.165, 1.54) is 16.0 Å². The summed E-state index contributed by atoms with van der Waals surface area (Å²) in [7, 11) is 1.90. The molecule has 1 aromatic heterocycles. The van der Waals surface area contributed by atoms with Gasteiger partial charge in [0.1, 0.15) is 0 Å². The predicted molar refractivity (Wildman–Crippen MR) is 94.0 cm³/mol. The van der Waals surface area contributed by atoms with Crippen LogP contribution >= 0.6 is 11.3 Å². The van der Waals surface area contributed by atoms with Gasteiger partial charge < -0.3 is 10.2 Å². The summed E-state index contributed by atoms with van der Waals surface area (Å²) >= 11 is 1.69. The van der Waals surface area contributed by atoms with E-state index < -0.39 is 0 Å². The first-order chi connectivity index (χ1) is 11.1. The summed E-state index contributed by atoms with van der Waals surface area (Å²) in [5.41, 5.74) is 5.74. The molecule has 1 aromatic carbocycles. The van der Waals surface area contributed by atoms with E-state index >= 15 is 0 Å². The highest BCUT2D eigenvalue weighted by Gasteiger charge is 2.26. The summed E-state index contributed by atoms with van der Waals surface area (Å²) in [6.45, 7) is 2.75. The monoisotopic (exact) mass is 329 g/mol. The van der Waals surface area contributed by atoms with Crippen molar-refractivity contribution in [3.05, 3.63) is 51.5 Å². The zero-order valence-electron chi connectivity index (χ0n) is 13.7. The molecule has 4 nitrogen and oxygen atoms in total. The number of benzene rings is 1. The van der Waals surface area contributed by atoms with E-state index in [-0.39, 0.29) is 12.1 Å². The first-order valence-electron chi connectivity index (χ1n) is 8.11. The molecule has 5 heteroatoms. The van der Waals surface area contributed by atoms with Gasteiger partial charge in [-0.25, -0.2) is 9.78 Å². The van der Waals surface area contributed by atoms with Crippen molar-refractivity contribution in [1.82, 2.24) is 15.2 Å². The standard InChI is InChI=1S/C18H23N3OS/c1-13-17(23-12-20-13)8-5-9-19-18(22)21(2)16-10-14-6-3-4-7-15(14)11-16/h3-4,6-7,12,16H,5,8-11H2,1-2H3,(H,19,22). The van der Waals surface area contributed by atoms with Crippen molar-refractivity contribution in [1.29, 1.82) is 0 Å². The Kier molecular flexibility index (Phi) is 4.96. The maximum Gasteiger partial charge on any atom is 0.317 e. The molecular formula is C18H23N3OS. The number of aryl methyl sites for hydroxylation is 2. The van der Waals surface area contributed by atoms with Gasteiger partial charge in [0.15, 0.2) is 0 Å². The Balaban J connectivity index is 1.43. The van der Waals surface area contributed by atoms with Gasteiger partial charge in [0, 0.05) is 24.5 Å². The van der Waals surface area contributed by atoms with Crippen molar-refractivity contribution >= 4 is 17.4 Å². The topological polar surface area (TPSA) is 45.2 Å². The largest absolute Gasteiger partial charge is 0.338 e. The summed E-state index contributed by atoms with van der Waals surface area (Å²) in [6.07, 6.45) is 3.85. The number of urea groups is 1. The van der Waals surface area contributed by atoms with E-state index in [4.69, 9.17) is 0 Å². The van der Waals surface area contributed by atoms with Crippen molar-refractivity contribution < 1.29 is 4.79 Å². The maximum atomic E-state index is 12.3. The van der Waals surface area contributed by atoms with Crippen LogP contribution in [-0.2, 0) is 19.3 Å². The number of fused-ring (bicyclic) bond motifs is 1. The molecule has 0 bridgehead atoms. The van der Waals surface area contributed by atoms with Crippen LogP contribution < -0.4 is 5.32 Å². The van der Waals surface area contributed by atoms with Gasteiger partial charge in [-0.15, -0.1) is 11.3 Å². The lowest BCUT2D eigenvalue weighted by Crippen LogP contribution is -2.44. The van der Waals surface area contributed by atoms with E-state index in [1.807, 2.05) is 24.4 Å². The second kappa shape index (κ2) is 7.13. The van der Waals surface area contributed by atoms with Crippen molar-refractivity contribution in [3.8, 4) is 0 Å². The van der Waals surface area contributed by atoms with Crippen molar-refractivity contribution in [2.24, 2.45) is 0 Å². The number of amides is 2. The molecule has 122 valence electrons. The van der Waals surface area contributed by atoms with Crippen LogP contribution in [0.4, 0.5) is 4.79 Å². The van der Waals surface area contributed by atoms with Crippen LogP contribution in [0.3, 0.4) is 0 Å². The zero-order valence-corrected chi connectivity index (χ0v) is 14.5. The van der Waals surface area contributed by atoms with Gasteiger partial charge in [-0.2, -0.15) is 0 Å². The number of nitrogens with zero attached hydrogens (tertiary/aromatic N) is 2. The molecule has 0 fully saturated rings. The van der Waals surface area contributed by atoms with Gasteiger partial charge in [0.05, 0.1) is 11.2 Å². The molecule has 23 heavy (non-hydrogen) atoms. The average molecular weight is 329 g/mol. The van der Waals surface area contributed by atoms with Crippen LogP contribution in [0, 0.1) is 6.92 Å². The minimum atomic E-state index is 0.0313. The highest BCUT2D eigenvalue weighted by Crippen LogP contribution is 2.24. The number of nitrogens with one attached hydrogen (secondary N) is 1. The molecule has 1 heterocycles. The molecule has 1 N–H and O–H groups in total. The van der Waals surface area contributed by atoms with Crippen LogP contribution in [0.5, 0.6) is 0 Å². The Morgan fingerprint density at radius 2 is 2.04 bits per heavy atom. The fraction of sp³-hybridized carbons (Fsp3) is 0.444. The van der Waals surface area contributed by atoms with Gasteiger partial charge >= 0.3 is 6.03 Å². The Labute approximate surface area is 141 Å². The van der Waals surface area contributed by atoms with Crippen molar-refractivity contribution in [3.63, 3.8) is 0 Å². The lowest BCUT2D eigenvalue weighted by molar-refractivity contribution is 0.192. The lowest BCUT2D eigenvalue weighted by Gasteiger charge is -2.24. The Morgan fingerprint density at radius 3 is 2.65 bits per heavy atom. The molecule has 1 aliphatic carbocycles. The van der Waals surface area contributed by atoms with Gasteiger partial charge in [0.2, 0.25) is 0 Å². The molecule has 0 unspecified atom stereocenters. The van der Waals surface area contributed by atoms with Gasteiger partial charge in [0.25, 0.3) is 0 Å². The van der Waals surface area contributed by atoms with Gasteiger partial charge in [-0.05, 0) is 43.7 Å². The van der Waals surface area contributed by atoms with Gasteiger partial charge in [-0.3, -0.25) is 0 Å². The highest BCUT2D eigenvalue weighted by atomic mass is 32.1. The van der Waals surface area contributed by atoms with Crippen LogP contribution in [0.1, 0.15) is 28.1 Å². The fourth-order valence-electron chi connectivity index (χ4n) is 3.11. The molecular weight excluding hydrogens is 306 g/mol. The highest BCUT2D eigenvalue weighted by molar-refractivity contribution is 7.09. The normalized spacial score (nSPS) is 13.8. The zero-order chi connectivity index (χ0) is 16.2. The van der Waals surface area contributed by atoms with Crippen molar-refractivity contribution in [2.45, 2.75) is 38.6 Å². The number of carbonyl (C=O) groups excluding carboxylic acids is 1. The number of aromatic nitrogens is 1. The third-order valence-corrected chi connectivity index (χ3v) is 5.59. The molecule has 2 amide bonds. The number of thiazole rings is 1. The number of carbonyl (C=O) groups is 1. The third-order valence-electron chi connectivity index (χ3n) is 4.60. The van der Waals surface area contributed by atoms with E-state index in [0.717, 1.165) is 31.4 Å². The average Bonchev–Trinajstić information content (AvgIpc) is 3.16. The quantitative estimate of drug-likeness (QED) is 0.856. The summed E-state index contributed by atoms with van der Waals surface area (Å²) in [4.78, 5) is 19.7. The summed E-state index contributed by atoms with van der Waals surface area (Å²) < 4.78 is 0. The van der Waals surface area contributed by atoms with Crippen LogP contribution in [0.2, 0.25) is 0 Å². The smallest absolute Gasteiger partial charge is 0.317 e. The molecule has 0 spiro atoms. The molecule has 0 saturated carbocycles. The van der Waals surface area contributed by atoms with E-state index in [9.17, 15) is 4.79 Å². The number of hydrogen-bond acceptors (Lipinski definition) is 3. The summed E-state index contributed by atoms with van der Waals surface area (Å²) in [5.74, 6) is 0. The SMILES string of the molecule is Cc1ncsc1CCCNC(=O)N(C)C1Cc2ccccc2C1. The number of rotatable bonds is 5. The molecule has 1 aliphatic rings. The lowest BCUT2D eigenvalue weighted by atomic mass is 10.1. The van der Waals surface area contributed by atoms with E-state index in [0.29, 0.717) is 6.54 Å². The van der Waals surface area contributed by atoms with Crippen LogP contribution in [0.15, 0.2) is 29.8 Å². The maximum absolute atomic E-state index is 12.3. The number of likely N-dealkylation sites (N-methyl/N-ethyl adjacent to an activating group) is 1. The molecule has 2 aromatic rings. The minimum Gasteiger partial charge on any atom is -0.338 e. The summed E-state index contributed by atoms with van der Waals surface area (Å²) in [6, 6.07) is 8.78. The van der Waals surface area contributed by atoms with Crippen LogP contribution in [0.25, 0.3) is 0 Å². The molecule has 0 atom stereocenters. The predicted octanol–water partition coefficient (Wildman–Crippen LogP) is 3.19. The minimum absolute atomic E-state index is 0.0313. The van der Waals surface area contributed by atoms with Crippen LogP contribution in [-0.4, -0.2) is 35.5 Å². The van der Waals surface area contributed by atoms with Crippen molar-refractivity contribution in [2.75, 3.05) is 13.6 Å². The Morgan fingerprint density at radius 1 is 1.35 bits per heavy atom. The number of hydrogen-bond donors (Lipinski definition) is 1. The molecule has 0 saturated heterocycles. The first-order valence-corrected chi connectivity index (χ1v) is 8.99. The Hall–Kier alpha value is -1.88. The fourth-order valence-corrected chi connectivity index (χ4v) is 3.93. The third kappa shape index (κ3) is 3.72. The molecule has 0 aliphatic heterocycles. The first kappa shape index (κ1) is 16.0. The van der Waals surface area contributed by atoms with Gasteiger partial charge in [-0.1, -0.05) is 24.3 Å². The second-order valence-corrected chi connectivity index (χ2v) is 7.08. The van der Waals surface area contributed by atoms with E-state index in [2.05, 4.69) is 34.6 Å². The summed E-state index contributed by atoms with van der Waals surface area (Å²) in [5, 5.41) is 3.04. The van der Waals surface area contributed by atoms with E-state index in [1.54, 1.807) is 11.3 Å². The second-order valence-electron chi connectivity index (χ2n) is 6.14.